The summed E-state index contributed by atoms with van der Waals surface area (Å²) < 4.78 is 10.7. The molecule has 0 bridgehead atoms. The summed E-state index contributed by atoms with van der Waals surface area (Å²) in [5.41, 5.74) is 0.0461. The first kappa shape index (κ1) is 19.5. The van der Waals surface area contributed by atoms with E-state index in [1.807, 2.05) is 6.92 Å². The van der Waals surface area contributed by atoms with Gasteiger partial charge in [0, 0.05) is 24.2 Å². The van der Waals surface area contributed by atoms with E-state index in [4.69, 9.17) is 21.1 Å². The van der Waals surface area contributed by atoms with Crippen LogP contribution in [-0.4, -0.2) is 38.2 Å². The van der Waals surface area contributed by atoms with Gasteiger partial charge in [0.1, 0.15) is 11.2 Å². The van der Waals surface area contributed by atoms with Crippen molar-refractivity contribution in [3.63, 3.8) is 0 Å². The van der Waals surface area contributed by atoms with Crippen LogP contribution in [0.15, 0.2) is 12.1 Å². The first-order valence-corrected chi connectivity index (χ1v) is 8.69. The number of ether oxygens (including phenoxy) is 2. The number of anilines is 1. The fourth-order valence-electron chi connectivity index (χ4n) is 2.54. The number of rotatable bonds is 6. The lowest BCUT2D eigenvalue weighted by Gasteiger charge is -2.24. The van der Waals surface area contributed by atoms with Gasteiger partial charge < -0.3 is 20.1 Å². The molecule has 1 aromatic rings. The van der Waals surface area contributed by atoms with E-state index in [1.54, 1.807) is 26.0 Å². The summed E-state index contributed by atoms with van der Waals surface area (Å²) >= 11 is 6.08. The van der Waals surface area contributed by atoms with Crippen LogP contribution in [0.25, 0.3) is 0 Å². The zero-order valence-corrected chi connectivity index (χ0v) is 15.8. The molecule has 1 saturated heterocycles. The Balaban J connectivity index is 2.05. The number of carbonyl (C=O) groups excluding carboxylic acids is 2. The first-order valence-electron chi connectivity index (χ1n) is 8.31. The van der Waals surface area contributed by atoms with E-state index in [9.17, 15) is 9.59 Å². The smallest absolute Gasteiger partial charge is 0.239 e. The van der Waals surface area contributed by atoms with Crippen LogP contribution in [0.1, 0.15) is 32.3 Å². The lowest BCUT2D eigenvalue weighted by atomic mass is 9.90. The molecule has 2 rings (SSSR count). The molecule has 0 aliphatic carbocycles. The SMILES string of the molecule is COc1cc(Cl)c(C)cc1NC(=O)C(C)(C)C(=O)NCC1CCCO1. The van der Waals surface area contributed by atoms with Crippen molar-refractivity contribution in [2.45, 2.75) is 39.7 Å². The lowest BCUT2D eigenvalue weighted by molar-refractivity contribution is -0.138. The summed E-state index contributed by atoms with van der Waals surface area (Å²) in [7, 11) is 1.50. The van der Waals surface area contributed by atoms with E-state index >= 15 is 0 Å². The van der Waals surface area contributed by atoms with Crippen molar-refractivity contribution in [2.24, 2.45) is 5.41 Å². The predicted octanol–water partition coefficient (Wildman–Crippen LogP) is 2.92. The van der Waals surface area contributed by atoms with Crippen LogP contribution in [0.5, 0.6) is 5.75 Å². The quantitative estimate of drug-likeness (QED) is 0.757. The summed E-state index contributed by atoms with van der Waals surface area (Å²) in [4.78, 5) is 25.1. The second-order valence-corrected chi connectivity index (χ2v) is 7.13. The largest absolute Gasteiger partial charge is 0.495 e. The molecule has 1 aliphatic heterocycles. The van der Waals surface area contributed by atoms with Crippen molar-refractivity contribution < 1.29 is 19.1 Å². The van der Waals surface area contributed by atoms with Gasteiger partial charge in [0.15, 0.2) is 0 Å². The summed E-state index contributed by atoms with van der Waals surface area (Å²) in [5, 5.41) is 6.11. The molecule has 6 nitrogen and oxygen atoms in total. The number of carbonyl (C=O) groups is 2. The maximum absolute atomic E-state index is 12.6. The molecule has 1 heterocycles. The number of aryl methyl sites for hydroxylation is 1. The van der Waals surface area contributed by atoms with E-state index in [0.29, 0.717) is 23.0 Å². The van der Waals surface area contributed by atoms with Gasteiger partial charge in [-0.1, -0.05) is 11.6 Å². The Bertz CT molecular complexity index is 655. The van der Waals surface area contributed by atoms with E-state index in [-0.39, 0.29) is 12.0 Å². The van der Waals surface area contributed by atoms with Gasteiger partial charge >= 0.3 is 0 Å². The summed E-state index contributed by atoms with van der Waals surface area (Å²) in [6, 6.07) is 3.36. The Morgan fingerprint density at radius 2 is 2.08 bits per heavy atom. The van der Waals surface area contributed by atoms with Crippen molar-refractivity contribution in [1.82, 2.24) is 5.32 Å². The number of methoxy groups -OCH3 is 1. The molecule has 25 heavy (non-hydrogen) atoms. The van der Waals surface area contributed by atoms with Crippen LogP contribution < -0.4 is 15.4 Å². The van der Waals surface area contributed by atoms with Gasteiger partial charge in [-0.15, -0.1) is 0 Å². The molecular formula is C18H25ClN2O4. The number of hydrogen-bond donors (Lipinski definition) is 2. The normalized spacial score (nSPS) is 17.2. The minimum Gasteiger partial charge on any atom is -0.495 e. The second-order valence-electron chi connectivity index (χ2n) is 6.73. The van der Waals surface area contributed by atoms with Crippen LogP contribution in [0.3, 0.4) is 0 Å². The molecule has 0 aromatic heterocycles. The third-order valence-corrected chi connectivity index (χ3v) is 4.79. The third-order valence-electron chi connectivity index (χ3n) is 4.38. The highest BCUT2D eigenvalue weighted by Gasteiger charge is 2.37. The van der Waals surface area contributed by atoms with E-state index in [2.05, 4.69) is 10.6 Å². The Morgan fingerprint density at radius 3 is 2.68 bits per heavy atom. The molecule has 2 amide bonds. The Morgan fingerprint density at radius 1 is 1.36 bits per heavy atom. The van der Waals surface area contributed by atoms with Gasteiger partial charge in [-0.2, -0.15) is 0 Å². The molecule has 0 saturated carbocycles. The maximum Gasteiger partial charge on any atom is 0.239 e. The van der Waals surface area contributed by atoms with Gasteiger partial charge in [-0.25, -0.2) is 0 Å². The van der Waals surface area contributed by atoms with Crippen LogP contribution in [-0.2, 0) is 14.3 Å². The monoisotopic (exact) mass is 368 g/mol. The zero-order chi connectivity index (χ0) is 18.6. The highest BCUT2D eigenvalue weighted by Crippen LogP contribution is 2.32. The van der Waals surface area contributed by atoms with Gasteiger partial charge in [0.05, 0.1) is 18.9 Å². The lowest BCUT2D eigenvalue weighted by Crippen LogP contribution is -2.47. The van der Waals surface area contributed by atoms with Crippen LogP contribution in [0, 0.1) is 12.3 Å². The van der Waals surface area contributed by atoms with Gasteiger partial charge in [-0.3, -0.25) is 9.59 Å². The van der Waals surface area contributed by atoms with Gasteiger partial charge in [-0.05, 0) is 45.2 Å². The summed E-state index contributed by atoms with van der Waals surface area (Å²) in [5.74, 6) is -0.318. The molecular weight excluding hydrogens is 344 g/mol. The minimum absolute atomic E-state index is 0.0295. The number of benzene rings is 1. The first-order chi connectivity index (χ1) is 11.8. The Hall–Kier alpha value is -1.79. The van der Waals surface area contributed by atoms with Crippen molar-refractivity contribution in [3.05, 3.63) is 22.7 Å². The highest BCUT2D eigenvalue weighted by atomic mass is 35.5. The average molecular weight is 369 g/mol. The highest BCUT2D eigenvalue weighted by molar-refractivity contribution is 6.31. The van der Waals surface area contributed by atoms with Crippen molar-refractivity contribution >= 4 is 29.1 Å². The van der Waals surface area contributed by atoms with Gasteiger partial charge in [0.25, 0.3) is 0 Å². The fourth-order valence-corrected chi connectivity index (χ4v) is 2.70. The number of halogens is 1. The molecule has 138 valence electrons. The predicted molar refractivity (Wildman–Crippen MR) is 97.1 cm³/mol. The molecule has 1 aromatic carbocycles. The summed E-state index contributed by atoms with van der Waals surface area (Å²) in [6.07, 6.45) is 1.95. The molecule has 1 aliphatic rings. The number of nitrogens with one attached hydrogen (secondary N) is 2. The maximum atomic E-state index is 12.6. The Labute approximate surface area is 153 Å². The van der Waals surface area contributed by atoms with Crippen molar-refractivity contribution in [2.75, 3.05) is 25.6 Å². The second kappa shape index (κ2) is 8.06. The van der Waals surface area contributed by atoms with E-state index in [0.717, 1.165) is 25.0 Å². The number of amides is 2. The standard InChI is InChI=1S/C18H25ClN2O4/c1-11-8-14(15(24-4)9-13(11)19)21-17(23)18(2,3)16(22)20-10-12-6-5-7-25-12/h8-9,12H,5-7,10H2,1-4H3,(H,20,22)(H,21,23). The summed E-state index contributed by atoms with van der Waals surface area (Å²) in [6.45, 7) is 6.14. The molecule has 1 unspecified atom stereocenters. The van der Waals surface area contributed by atoms with E-state index < -0.39 is 11.3 Å². The average Bonchev–Trinajstić information content (AvgIpc) is 3.08. The molecule has 2 N–H and O–H groups in total. The molecule has 1 atom stereocenters. The van der Waals surface area contributed by atoms with Crippen LogP contribution in [0.2, 0.25) is 5.02 Å². The Kier molecular flexibility index (Phi) is 6.30. The van der Waals surface area contributed by atoms with Crippen molar-refractivity contribution in [1.29, 1.82) is 0 Å². The minimum atomic E-state index is -1.24. The fraction of sp³-hybridized carbons (Fsp3) is 0.556. The zero-order valence-electron chi connectivity index (χ0n) is 15.1. The third kappa shape index (κ3) is 4.64. The van der Waals surface area contributed by atoms with Crippen LogP contribution in [0.4, 0.5) is 5.69 Å². The molecule has 0 spiro atoms. The van der Waals surface area contributed by atoms with E-state index in [1.165, 1.54) is 7.11 Å². The topological polar surface area (TPSA) is 76.7 Å². The van der Waals surface area contributed by atoms with Crippen LogP contribution >= 0.6 is 11.6 Å². The molecule has 7 heteroatoms. The molecule has 0 radical (unpaired) electrons. The number of hydrogen-bond acceptors (Lipinski definition) is 4. The van der Waals surface area contributed by atoms with Gasteiger partial charge in [0.2, 0.25) is 11.8 Å². The van der Waals surface area contributed by atoms with Crippen molar-refractivity contribution in [3.8, 4) is 5.75 Å². The molecule has 1 fully saturated rings.